The van der Waals surface area contributed by atoms with Crippen molar-refractivity contribution >= 4 is 29.3 Å². The van der Waals surface area contributed by atoms with Crippen molar-refractivity contribution in [2.75, 3.05) is 31.0 Å². The topological polar surface area (TPSA) is 76.7 Å². The predicted molar refractivity (Wildman–Crippen MR) is 113 cm³/mol. The Bertz CT molecular complexity index is 763. The minimum Gasteiger partial charge on any atom is -0.497 e. The van der Waals surface area contributed by atoms with Crippen LogP contribution >= 0.6 is 11.8 Å². The fourth-order valence-electron chi connectivity index (χ4n) is 2.52. The maximum Gasteiger partial charge on any atom is 0.251 e. The summed E-state index contributed by atoms with van der Waals surface area (Å²) in [7, 11) is 1.57. The van der Waals surface area contributed by atoms with Crippen LogP contribution in [-0.2, 0) is 4.79 Å². The molecule has 2 aromatic carbocycles. The molecule has 0 unspecified atom stereocenters. The highest BCUT2D eigenvalue weighted by molar-refractivity contribution is 7.98. The SMILES string of the molecule is CCOc1ccc(NC(=O)[C@@H](CCSC)NC(=O)c2ccc(OC)cc2)cc1. The number of nitrogens with one attached hydrogen (secondary N) is 2. The third kappa shape index (κ3) is 6.49. The number of hydrogen-bond acceptors (Lipinski definition) is 5. The average molecular weight is 403 g/mol. The van der Waals surface area contributed by atoms with E-state index in [1.165, 1.54) is 0 Å². The number of ether oxygens (including phenoxy) is 2. The summed E-state index contributed by atoms with van der Waals surface area (Å²) in [5.74, 6) is 1.62. The molecule has 0 aliphatic carbocycles. The van der Waals surface area contributed by atoms with Gasteiger partial charge in [-0.3, -0.25) is 9.59 Å². The Morgan fingerprint density at radius 3 is 2.25 bits per heavy atom. The number of hydrogen-bond donors (Lipinski definition) is 2. The molecular formula is C21H26N2O4S. The van der Waals surface area contributed by atoms with Crippen LogP contribution in [-0.4, -0.2) is 43.6 Å². The van der Waals surface area contributed by atoms with Crippen LogP contribution in [0.5, 0.6) is 11.5 Å². The number of anilines is 1. The summed E-state index contributed by atoms with van der Waals surface area (Å²) in [5, 5.41) is 5.68. The number of amides is 2. The summed E-state index contributed by atoms with van der Waals surface area (Å²) in [4.78, 5) is 25.2. The molecule has 0 aliphatic rings. The Kier molecular flexibility index (Phi) is 8.68. The number of rotatable bonds is 10. The smallest absolute Gasteiger partial charge is 0.251 e. The van der Waals surface area contributed by atoms with E-state index in [0.29, 0.717) is 30.0 Å². The third-order valence-corrected chi connectivity index (χ3v) is 4.66. The number of carbonyl (C=O) groups excluding carboxylic acids is 2. The Balaban J connectivity index is 2.03. The molecular weight excluding hydrogens is 376 g/mol. The molecule has 0 spiro atoms. The van der Waals surface area contributed by atoms with Gasteiger partial charge in [-0.15, -0.1) is 0 Å². The Morgan fingerprint density at radius 1 is 1.04 bits per heavy atom. The van der Waals surface area contributed by atoms with Crippen molar-refractivity contribution in [3.8, 4) is 11.5 Å². The van der Waals surface area contributed by atoms with Crippen molar-refractivity contribution in [3.63, 3.8) is 0 Å². The van der Waals surface area contributed by atoms with Crippen LogP contribution in [0, 0.1) is 0 Å². The fourth-order valence-corrected chi connectivity index (χ4v) is 2.99. The van der Waals surface area contributed by atoms with Crippen molar-refractivity contribution in [2.24, 2.45) is 0 Å². The predicted octanol–water partition coefficient (Wildman–Crippen LogP) is 3.58. The molecule has 0 heterocycles. The van der Waals surface area contributed by atoms with Gasteiger partial charge in [-0.25, -0.2) is 0 Å². The zero-order chi connectivity index (χ0) is 20.4. The van der Waals surface area contributed by atoms with E-state index in [-0.39, 0.29) is 11.8 Å². The molecule has 0 saturated heterocycles. The molecule has 1 atom stereocenters. The Hall–Kier alpha value is -2.67. The van der Waals surface area contributed by atoms with E-state index in [2.05, 4.69) is 10.6 Å². The molecule has 0 fully saturated rings. The first-order valence-corrected chi connectivity index (χ1v) is 10.4. The van der Waals surface area contributed by atoms with Crippen LogP contribution in [0.2, 0.25) is 0 Å². The zero-order valence-electron chi connectivity index (χ0n) is 16.4. The van der Waals surface area contributed by atoms with Gasteiger partial charge in [0, 0.05) is 11.3 Å². The Labute approximate surface area is 170 Å². The second-order valence-electron chi connectivity index (χ2n) is 5.98. The van der Waals surface area contributed by atoms with Gasteiger partial charge in [-0.2, -0.15) is 11.8 Å². The maximum atomic E-state index is 12.7. The van der Waals surface area contributed by atoms with Gasteiger partial charge >= 0.3 is 0 Å². The van der Waals surface area contributed by atoms with Crippen LogP contribution in [0.4, 0.5) is 5.69 Å². The first kappa shape index (κ1) is 21.6. The van der Waals surface area contributed by atoms with Gasteiger partial charge in [0.25, 0.3) is 5.91 Å². The third-order valence-electron chi connectivity index (χ3n) is 4.02. The van der Waals surface area contributed by atoms with Crippen molar-refractivity contribution in [1.82, 2.24) is 5.32 Å². The minimum atomic E-state index is -0.631. The zero-order valence-corrected chi connectivity index (χ0v) is 17.2. The van der Waals surface area contributed by atoms with Gasteiger partial charge in [0.1, 0.15) is 17.5 Å². The first-order chi connectivity index (χ1) is 13.6. The lowest BCUT2D eigenvalue weighted by Crippen LogP contribution is -2.44. The second-order valence-corrected chi connectivity index (χ2v) is 6.97. The first-order valence-electron chi connectivity index (χ1n) is 9.05. The van der Waals surface area contributed by atoms with Gasteiger partial charge < -0.3 is 20.1 Å². The van der Waals surface area contributed by atoms with Crippen LogP contribution in [0.1, 0.15) is 23.7 Å². The van der Waals surface area contributed by atoms with Crippen LogP contribution in [0.25, 0.3) is 0 Å². The normalized spacial score (nSPS) is 11.4. The van der Waals surface area contributed by atoms with E-state index in [0.717, 1.165) is 11.5 Å². The molecule has 150 valence electrons. The number of thioether (sulfide) groups is 1. The standard InChI is InChI=1S/C21H26N2O4S/c1-4-27-18-11-7-16(8-12-18)22-21(25)19(13-14-28-3)23-20(24)15-5-9-17(26-2)10-6-15/h5-12,19H,4,13-14H2,1-3H3,(H,22,25)(H,23,24)/t19-/m1/s1. The van der Waals surface area contributed by atoms with Gasteiger partial charge in [0.2, 0.25) is 5.91 Å². The monoisotopic (exact) mass is 402 g/mol. The molecule has 0 aliphatic heterocycles. The van der Waals surface area contributed by atoms with Crippen LogP contribution in [0.15, 0.2) is 48.5 Å². The second kappa shape index (κ2) is 11.2. The molecule has 0 radical (unpaired) electrons. The van der Waals surface area contributed by atoms with E-state index in [1.54, 1.807) is 67.4 Å². The van der Waals surface area contributed by atoms with E-state index in [9.17, 15) is 9.59 Å². The number of benzene rings is 2. The number of carbonyl (C=O) groups is 2. The lowest BCUT2D eigenvalue weighted by molar-refractivity contribution is -0.118. The summed E-state index contributed by atoms with van der Waals surface area (Å²) >= 11 is 1.62. The molecule has 0 aromatic heterocycles. The Morgan fingerprint density at radius 2 is 1.68 bits per heavy atom. The van der Waals surface area contributed by atoms with Crippen LogP contribution in [0.3, 0.4) is 0 Å². The quantitative estimate of drug-likeness (QED) is 0.635. The van der Waals surface area contributed by atoms with E-state index >= 15 is 0 Å². The van der Waals surface area contributed by atoms with Crippen molar-refractivity contribution in [1.29, 1.82) is 0 Å². The summed E-state index contributed by atoms with van der Waals surface area (Å²) in [5.41, 5.74) is 1.13. The lowest BCUT2D eigenvalue weighted by atomic mass is 10.1. The average Bonchev–Trinajstić information content (AvgIpc) is 2.72. The van der Waals surface area contributed by atoms with E-state index in [4.69, 9.17) is 9.47 Å². The summed E-state index contributed by atoms with van der Waals surface area (Å²) in [6, 6.07) is 13.3. The summed E-state index contributed by atoms with van der Waals surface area (Å²) in [6.07, 6.45) is 2.50. The van der Waals surface area contributed by atoms with Crippen molar-refractivity contribution in [2.45, 2.75) is 19.4 Å². The maximum absolute atomic E-state index is 12.7. The van der Waals surface area contributed by atoms with Crippen molar-refractivity contribution < 1.29 is 19.1 Å². The summed E-state index contributed by atoms with van der Waals surface area (Å²) in [6.45, 7) is 2.50. The molecule has 0 saturated carbocycles. The number of methoxy groups -OCH3 is 1. The lowest BCUT2D eigenvalue weighted by Gasteiger charge is -2.18. The fraction of sp³-hybridized carbons (Fsp3) is 0.333. The van der Waals surface area contributed by atoms with E-state index < -0.39 is 6.04 Å². The molecule has 0 bridgehead atoms. The molecule has 28 heavy (non-hydrogen) atoms. The highest BCUT2D eigenvalue weighted by Gasteiger charge is 2.21. The minimum absolute atomic E-state index is 0.250. The highest BCUT2D eigenvalue weighted by atomic mass is 32.2. The van der Waals surface area contributed by atoms with Gasteiger partial charge in [0.05, 0.1) is 13.7 Å². The van der Waals surface area contributed by atoms with Crippen LogP contribution < -0.4 is 20.1 Å². The van der Waals surface area contributed by atoms with Gasteiger partial charge in [0.15, 0.2) is 0 Å². The molecule has 2 N–H and O–H groups in total. The largest absolute Gasteiger partial charge is 0.497 e. The molecule has 2 rings (SSSR count). The van der Waals surface area contributed by atoms with E-state index in [1.807, 2.05) is 13.2 Å². The highest BCUT2D eigenvalue weighted by Crippen LogP contribution is 2.17. The van der Waals surface area contributed by atoms with Gasteiger partial charge in [-0.1, -0.05) is 0 Å². The summed E-state index contributed by atoms with van der Waals surface area (Å²) < 4.78 is 10.5. The van der Waals surface area contributed by atoms with Gasteiger partial charge in [-0.05, 0) is 73.9 Å². The molecule has 2 aromatic rings. The molecule has 7 heteroatoms. The molecule has 6 nitrogen and oxygen atoms in total. The molecule has 2 amide bonds. The van der Waals surface area contributed by atoms with Crippen molar-refractivity contribution in [3.05, 3.63) is 54.1 Å².